The fraction of sp³-hybridized carbons (Fsp3) is 0.250. The van der Waals surface area contributed by atoms with Gasteiger partial charge in [0.05, 0.1) is 6.20 Å². The van der Waals surface area contributed by atoms with Gasteiger partial charge in [0, 0.05) is 30.4 Å². The van der Waals surface area contributed by atoms with Crippen molar-refractivity contribution < 1.29 is 4.79 Å². The number of benzene rings is 1. The van der Waals surface area contributed by atoms with Crippen molar-refractivity contribution >= 4 is 5.91 Å². The summed E-state index contributed by atoms with van der Waals surface area (Å²) in [7, 11) is 0. The number of aromatic nitrogens is 1. The first-order valence-electron chi connectivity index (χ1n) is 6.49. The lowest BCUT2D eigenvalue weighted by molar-refractivity contribution is 0.0774. The van der Waals surface area contributed by atoms with Gasteiger partial charge < -0.3 is 4.90 Å². The summed E-state index contributed by atoms with van der Waals surface area (Å²) < 4.78 is 0. The summed E-state index contributed by atoms with van der Waals surface area (Å²) >= 11 is 0. The van der Waals surface area contributed by atoms with E-state index in [1.807, 2.05) is 55.1 Å². The molecule has 0 saturated carbocycles. The molecule has 1 aromatic heterocycles. The molecule has 0 bridgehead atoms. The molecule has 2 aromatic rings. The maximum absolute atomic E-state index is 12.5. The molecule has 0 unspecified atom stereocenters. The van der Waals surface area contributed by atoms with Gasteiger partial charge in [-0.25, -0.2) is 0 Å². The Morgan fingerprint density at radius 2 is 1.89 bits per heavy atom. The second-order valence-electron chi connectivity index (χ2n) is 4.19. The number of pyridine rings is 1. The Bertz CT molecular complexity index is 548. The van der Waals surface area contributed by atoms with E-state index in [2.05, 4.69) is 11.2 Å². The molecule has 19 heavy (non-hydrogen) atoms. The van der Waals surface area contributed by atoms with Gasteiger partial charge in [-0.2, -0.15) is 0 Å². The summed E-state index contributed by atoms with van der Waals surface area (Å²) in [5.41, 5.74) is 2.43. The van der Waals surface area contributed by atoms with E-state index in [-0.39, 0.29) is 5.91 Å². The Morgan fingerprint density at radius 1 is 1.16 bits per heavy atom. The van der Waals surface area contributed by atoms with Crippen LogP contribution in [0.2, 0.25) is 0 Å². The van der Waals surface area contributed by atoms with Gasteiger partial charge in [-0.05, 0) is 31.5 Å². The quantitative estimate of drug-likeness (QED) is 0.839. The number of hydrogen-bond acceptors (Lipinski definition) is 2. The normalized spacial score (nSPS) is 10.2. The predicted molar refractivity (Wildman–Crippen MR) is 75.8 cm³/mol. The molecule has 3 nitrogen and oxygen atoms in total. The third-order valence-corrected chi connectivity index (χ3v) is 3.11. The smallest absolute Gasteiger partial charge is 0.254 e. The molecule has 0 fully saturated rings. The van der Waals surface area contributed by atoms with Gasteiger partial charge in [0.25, 0.3) is 5.91 Å². The van der Waals surface area contributed by atoms with Crippen LogP contribution >= 0.6 is 0 Å². The minimum atomic E-state index is 0.0536. The van der Waals surface area contributed by atoms with Crippen LogP contribution in [-0.4, -0.2) is 28.9 Å². The van der Waals surface area contributed by atoms with Crippen molar-refractivity contribution in [3.63, 3.8) is 0 Å². The van der Waals surface area contributed by atoms with Gasteiger partial charge in [0.2, 0.25) is 0 Å². The summed E-state index contributed by atoms with van der Waals surface area (Å²) in [6.45, 7) is 5.39. The molecule has 1 heterocycles. The number of nitrogens with zero attached hydrogens (tertiary/aromatic N) is 2. The molecule has 0 saturated heterocycles. The highest BCUT2D eigenvalue weighted by Crippen LogP contribution is 2.23. The monoisotopic (exact) mass is 253 g/mol. The molecule has 0 spiro atoms. The maximum Gasteiger partial charge on any atom is 0.254 e. The van der Waals surface area contributed by atoms with Crippen LogP contribution < -0.4 is 0 Å². The average molecular weight is 253 g/mol. The van der Waals surface area contributed by atoms with Crippen molar-refractivity contribution in [3.8, 4) is 11.1 Å². The zero-order valence-corrected chi connectivity index (χ0v) is 11.3. The lowest BCUT2D eigenvalue weighted by Crippen LogP contribution is -2.30. The zero-order valence-electron chi connectivity index (χ0n) is 11.3. The van der Waals surface area contributed by atoms with Gasteiger partial charge in [0.1, 0.15) is 0 Å². The van der Waals surface area contributed by atoms with E-state index in [9.17, 15) is 4.79 Å². The SMILES string of the molecule is CCN(CC)C(=O)c1ccccc1-c1[c]nccc1. The number of hydrogen-bond donors (Lipinski definition) is 0. The topological polar surface area (TPSA) is 33.2 Å². The van der Waals surface area contributed by atoms with Crippen molar-refractivity contribution in [1.29, 1.82) is 0 Å². The minimum Gasteiger partial charge on any atom is -0.339 e. The van der Waals surface area contributed by atoms with Crippen LogP contribution in [0, 0.1) is 6.20 Å². The van der Waals surface area contributed by atoms with E-state index < -0.39 is 0 Å². The van der Waals surface area contributed by atoms with Crippen molar-refractivity contribution in [1.82, 2.24) is 9.88 Å². The number of rotatable bonds is 4. The summed E-state index contributed by atoms with van der Waals surface area (Å²) in [6, 6.07) is 11.4. The Morgan fingerprint density at radius 3 is 2.53 bits per heavy atom. The van der Waals surface area contributed by atoms with Crippen LogP contribution in [0.3, 0.4) is 0 Å². The van der Waals surface area contributed by atoms with Crippen molar-refractivity contribution in [2.75, 3.05) is 13.1 Å². The number of carbonyl (C=O) groups excluding carboxylic acids is 1. The second-order valence-corrected chi connectivity index (χ2v) is 4.19. The Kier molecular flexibility index (Phi) is 4.29. The first-order valence-corrected chi connectivity index (χ1v) is 6.49. The van der Waals surface area contributed by atoms with Gasteiger partial charge in [-0.1, -0.05) is 24.3 Å². The summed E-state index contributed by atoms with van der Waals surface area (Å²) in [5.74, 6) is 0.0536. The third-order valence-electron chi connectivity index (χ3n) is 3.11. The summed E-state index contributed by atoms with van der Waals surface area (Å²) in [6.07, 6.45) is 4.61. The molecule has 97 valence electrons. The highest BCUT2D eigenvalue weighted by Gasteiger charge is 2.16. The highest BCUT2D eigenvalue weighted by atomic mass is 16.2. The minimum absolute atomic E-state index is 0.0536. The largest absolute Gasteiger partial charge is 0.339 e. The van der Waals surface area contributed by atoms with Crippen molar-refractivity contribution in [3.05, 3.63) is 54.4 Å². The van der Waals surface area contributed by atoms with Crippen LogP contribution in [0.5, 0.6) is 0 Å². The van der Waals surface area contributed by atoms with Gasteiger partial charge in [0.15, 0.2) is 0 Å². The van der Waals surface area contributed by atoms with E-state index in [1.165, 1.54) is 0 Å². The first-order chi connectivity index (χ1) is 9.27. The molecule has 1 aromatic carbocycles. The van der Waals surface area contributed by atoms with Crippen molar-refractivity contribution in [2.45, 2.75) is 13.8 Å². The van der Waals surface area contributed by atoms with E-state index in [0.717, 1.165) is 11.1 Å². The molecule has 0 N–H and O–H groups in total. The molecule has 0 atom stereocenters. The van der Waals surface area contributed by atoms with Crippen LogP contribution in [0.15, 0.2) is 42.6 Å². The van der Waals surface area contributed by atoms with Crippen LogP contribution in [-0.2, 0) is 0 Å². The molecular formula is C16H17N2O. The summed E-state index contributed by atoms with van der Waals surface area (Å²) in [5, 5.41) is 0. The standard InChI is InChI=1S/C16H17N2O/c1-3-18(4-2)16(19)15-10-6-5-9-14(15)13-8-7-11-17-12-13/h5-11H,3-4H2,1-2H3. The van der Waals surface area contributed by atoms with E-state index in [1.54, 1.807) is 6.20 Å². The average Bonchev–Trinajstić information content (AvgIpc) is 2.49. The summed E-state index contributed by atoms with van der Waals surface area (Å²) in [4.78, 5) is 18.3. The highest BCUT2D eigenvalue weighted by molar-refractivity contribution is 6.00. The van der Waals surface area contributed by atoms with Crippen LogP contribution in [0.25, 0.3) is 11.1 Å². The fourth-order valence-corrected chi connectivity index (χ4v) is 2.06. The molecule has 3 heteroatoms. The molecule has 1 amide bonds. The van der Waals surface area contributed by atoms with Gasteiger partial charge >= 0.3 is 0 Å². The Balaban J connectivity index is 2.45. The molecule has 0 aliphatic heterocycles. The van der Waals surface area contributed by atoms with Crippen molar-refractivity contribution in [2.24, 2.45) is 0 Å². The van der Waals surface area contributed by atoms with E-state index in [4.69, 9.17) is 0 Å². The first kappa shape index (κ1) is 13.3. The van der Waals surface area contributed by atoms with Gasteiger partial charge in [-0.15, -0.1) is 0 Å². The zero-order chi connectivity index (χ0) is 13.7. The molecule has 2 rings (SSSR count). The number of amides is 1. The maximum atomic E-state index is 12.5. The van der Waals surface area contributed by atoms with E-state index >= 15 is 0 Å². The Hall–Kier alpha value is -2.16. The molecule has 0 aliphatic rings. The molecule has 1 radical (unpaired) electrons. The van der Waals surface area contributed by atoms with E-state index in [0.29, 0.717) is 18.7 Å². The molecule has 0 aliphatic carbocycles. The Labute approximate surface area is 113 Å². The predicted octanol–water partition coefficient (Wildman–Crippen LogP) is 3.03. The lowest BCUT2D eigenvalue weighted by Gasteiger charge is -2.20. The second kappa shape index (κ2) is 6.14. The lowest BCUT2D eigenvalue weighted by atomic mass is 10.0. The van der Waals surface area contributed by atoms with Crippen LogP contribution in [0.1, 0.15) is 24.2 Å². The van der Waals surface area contributed by atoms with Gasteiger partial charge in [-0.3, -0.25) is 9.78 Å². The fourth-order valence-electron chi connectivity index (χ4n) is 2.06. The third kappa shape index (κ3) is 2.81. The number of carbonyl (C=O) groups is 1. The van der Waals surface area contributed by atoms with Crippen LogP contribution in [0.4, 0.5) is 0 Å². The molecular weight excluding hydrogens is 236 g/mol.